The number of nitrogens with one attached hydrogen (secondary N) is 1. The number of carbonyl (C=O) groups is 1. The van der Waals surface area contributed by atoms with Crippen LogP contribution in [0.25, 0.3) is 0 Å². The van der Waals surface area contributed by atoms with E-state index in [0.717, 1.165) is 0 Å². The highest BCUT2D eigenvalue weighted by molar-refractivity contribution is 5.94. The highest BCUT2D eigenvalue weighted by Gasteiger charge is 2.04. The molecule has 0 aliphatic heterocycles. The quantitative estimate of drug-likeness (QED) is 0.354. The van der Waals surface area contributed by atoms with Gasteiger partial charge in [0.25, 0.3) is 0 Å². The molecule has 7 nitrogen and oxygen atoms in total. The Hall–Kier alpha value is -1.54. The van der Waals surface area contributed by atoms with Gasteiger partial charge in [0, 0.05) is 14.4 Å². The topological polar surface area (TPSA) is 78.9 Å². The van der Waals surface area contributed by atoms with Crippen LogP contribution in [-0.2, 0) is 18.9 Å². The molecule has 0 aliphatic carbocycles. The molecule has 0 saturated heterocycles. The van der Waals surface area contributed by atoms with Crippen molar-refractivity contribution in [2.24, 2.45) is 0 Å². The van der Waals surface area contributed by atoms with Crippen LogP contribution in [0.2, 0.25) is 0 Å². The van der Waals surface area contributed by atoms with E-state index < -0.39 is 0 Å². The molecule has 1 heterocycles. The van der Waals surface area contributed by atoms with E-state index >= 15 is 0 Å². The fraction of sp³-hybridized carbons (Fsp3) is 0.684. The molecule has 7 heteroatoms. The molecule has 0 aliphatic rings. The van der Waals surface area contributed by atoms with Crippen LogP contribution in [0.1, 0.15) is 39.1 Å². The SMILES string of the molecule is CCC(=O)c1cccc(NCCOCCOCCOCCOC(C)C)n1.[HH]. The zero-order valence-corrected chi connectivity index (χ0v) is 16.2. The van der Waals surface area contributed by atoms with Crippen molar-refractivity contribution in [3.05, 3.63) is 23.9 Å². The molecular formula is C19H34N2O5. The van der Waals surface area contributed by atoms with E-state index in [9.17, 15) is 4.79 Å². The second kappa shape index (κ2) is 14.6. The number of pyridine rings is 1. The molecule has 0 amide bonds. The highest BCUT2D eigenvalue weighted by atomic mass is 16.6. The Morgan fingerprint density at radius 2 is 1.65 bits per heavy atom. The van der Waals surface area contributed by atoms with Crippen LogP contribution < -0.4 is 5.32 Å². The molecule has 0 aromatic carbocycles. The van der Waals surface area contributed by atoms with Gasteiger partial charge in [0.15, 0.2) is 5.78 Å². The Balaban J connectivity index is 0.00000676. The van der Waals surface area contributed by atoms with E-state index in [1.165, 1.54) is 0 Å². The van der Waals surface area contributed by atoms with Crippen molar-refractivity contribution >= 4 is 11.6 Å². The Labute approximate surface area is 157 Å². The Kier molecular flexibility index (Phi) is 12.6. The molecule has 0 radical (unpaired) electrons. The van der Waals surface area contributed by atoms with Gasteiger partial charge in [-0.15, -0.1) is 0 Å². The average Bonchev–Trinajstić information content (AvgIpc) is 2.64. The first-order valence-electron chi connectivity index (χ1n) is 9.22. The minimum Gasteiger partial charge on any atom is -0.377 e. The molecule has 0 bridgehead atoms. The molecule has 1 rings (SSSR count). The maximum absolute atomic E-state index is 11.6. The number of ether oxygens (including phenoxy) is 4. The number of hydrogen-bond acceptors (Lipinski definition) is 7. The van der Waals surface area contributed by atoms with Gasteiger partial charge in [-0.1, -0.05) is 13.0 Å². The van der Waals surface area contributed by atoms with Gasteiger partial charge >= 0.3 is 0 Å². The van der Waals surface area contributed by atoms with Gasteiger partial charge in [0.1, 0.15) is 11.5 Å². The summed E-state index contributed by atoms with van der Waals surface area (Å²) >= 11 is 0. The molecule has 0 fully saturated rings. The first-order chi connectivity index (χ1) is 12.6. The van der Waals surface area contributed by atoms with Gasteiger partial charge < -0.3 is 24.3 Å². The van der Waals surface area contributed by atoms with E-state index in [2.05, 4.69) is 10.3 Å². The molecule has 1 N–H and O–H groups in total. The fourth-order valence-electron chi connectivity index (χ4n) is 2.01. The summed E-state index contributed by atoms with van der Waals surface area (Å²) in [6.45, 7) is 10.3. The van der Waals surface area contributed by atoms with Crippen LogP contribution in [0.15, 0.2) is 18.2 Å². The summed E-state index contributed by atoms with van der Waals surface area (Å²) in [6, 6.07) is 5.39. The van der Waals surface area contributed by atoms with Gasteiger partial charge in [-0.05, 0) is 26.0 Å². The summed E-state index contributed by atoms with van der Waals surface area (Å²) < 4.78 is 21.7. The van der Waals surface area contributed by atoms with Crippen molar-refractivity contribution in [3.8, 4) is 0 Å². The summed E-state index contributed by atoms with van der Waals surface area (Å²) in [6.07, 6.45) is 0.691. The number of anilines is 1. The third kappa shape index (κ3) is 11.1. The maximum Gasteiger partial charge on any atom is 0.180 e. The molecular weight excluding hydrogens is 336 g/mol. The van der Waals surface area contributed by atoms with E-state index in [1.54, 1.807) is 6.07 Å². The van der Waals surface area contributed by atoms with Crippen molar-refractivity contribution < 1.29 is 25.2 Å². The van der Waals surface area contributed by atoms with Crippen molar-refractivity contribution in [1.82, 2.24) is 4.98 Å². The van der Waals surface area contributed by atoms with Crippen LogP contribution in [-0.4, -0.2) is 69.7 Å². The van der Waals surface area contributed by atoms with Gasteiger partial charge in [0.2, 0.25) is 0 Å². The predicted molar refractivity (Wildman–Crippen MR) is 103 cm³/mol. The van der Waals surface area contributed by atoms with E-state index in [4.69, 9.17) is 18.9 Å². The zero-order chi connectivity index (χ0) is 19.0. The highest BCUT2D eigenvalue weighted by Crippen LogP contribution is 2.06. The number of aromatic nitrogens is 1. The maximum atomic E-state index is 11.6. The molecule has 1 aromatic rings. The van der Waals surface area contributed by atoms with Crippen LogP contribution in [0, 0.1) is 0 Å². The second-order valence-electron chi connectivity index (χ2n) is 5.87. The van der Waals surface area contributed by atoms with Crippen molar-refractivity contribution in [3.63, 3.8) is 0 Å². The molecule has 0 saturated carbocycles. The van der Waals surface area contributed by atoms with Crippen LogP contribution >= 0.6 is 0 Å². The lowest BCUT2D eigenvalue weighted by Gasteiger charge is -2.09. The second-order valence-corrected chi connectivity index (χ2v) is 5.87. The number of rotatable bonds is 16. The Morgan fingerprint density at radius 1 is 1.04 bits per heavy atom. The summed E-state index contributed by atoms with van der Waals surface area (Å²) in [5, 5.41) is 3.14. The van der Waals surface area contributed by atoms with Crippen molar-refractivity contribution in [2.75, 3.05) is 58.1 Å². The van der Waals surface area contributed by atoms with E-state index in [0.29, 0.717) is 70.7 Å². The predicted octanol–water partition coefficient (Wildman–Crippen LogP) is 2.81. The minimum absolute atomic E-state index is 0. The van der Waals surface area contributed by atoms with Gasteiger partial charge in [-0.2, -0.15) is 0 Å². The van der Waals surface area contributed by atoms with Crippen molar-refractivity contribution in [2.45, 2.75) is 33.3 Å². The number of nitrogens with zero attached hydrogens (tertiary/aromatic N) is 1. The lowest BCUT2D eigenvalue weighted by Crippen LogP contribution is -2.15. The molecule has 1 aromatic heterocycles. The number of Topliss-reactive ketones (excluding diaryl/α,β-unsaturated/α-hetero) is 1. The number of ketones is 1. The van der Waals surface area contributed by atoms with Crippen LogP contribution in [0.3, 0.4) is 0 Å². The average molecular weight is 370 g/mol. The van der Waals surface area contributed by atoms with E-state index in [1.807, 2.05) is 32.9 Å². The largest absolute Gasteiger partial charge is 0.377 e. The summed E-state index contributed by atoms with van der Waals surface area (Å²) in [5.74, 6) is 0.723. The first-order valence-corrected chi connectivity index (χ1v) is 9.22. The fourth-order valence-corrected chi connectivity index (χ4v) is 2.01. The molecule has 26 heavy (non-hydrogen) atoms. The monoisotopic (exact) mass is 370 g/mol. The Morgan fingerprint density at radius 3 is 2.27 bits per heavy atom. The third-order valence-electron chi connectivity index (χ3n) is 3.33. The minimum atomic E-state index is 0. The summed E-state index contributed by atoms with van der Waals surface area (Å²) in [4.78, 5) is 15.9. The summed E-state index contributed by atoms with van der Waals surface area (Å²) in [5.41, 5.74) is 0.491. The standard InChI is InChI=1S/C19H32N2O5.H2/c1-4-18(22)17-6-5-7-19(21-17)20-8-9-23-10-11-24-12-13-25-14-15-26-16(2)3;/h5-7,16H,4,8-15H2,1-3H3,(H,20,21);1H. The smallest absolute Gasteiger partial charge is 0.180 e. The molecule has 0 atom stereocenters. The lowest BCUT2D eigenvalue weighted by molar-refractivity contribution is -0.0110. The van der Waals surface area contributed by atoms with Crippen LogP contribution in [0.5, 0.6) is 0 Å². The Bertz CT molecular complexity index is 503. The van der Waals surface area contributed by atoms with Crippen molar-refractivity contribution in [1.29, 1.82) is 0 Å². The van der Waals surface area contributed by atoms with Crippen LogP contribution in [0.4, 0.5) is 5.82 Å². The number of hydrogen-bond donors (Lipinski definition) is 1. The van der Waals surface area contributed by atoms with Gasteiger partial charge in [-0.25, -0.2) is 4.98 Å². The summed E-state index contributed by atoms with van der Waals surface area (Å²) in [7, 11) is 0. The third-order valence-corrected chi connectivity index (χ3v) is 3.33. The normalized spacial score (nSPS) is 11.1. The first kappa shape index (κ1) is 22.5. The molecule has 0 spiro atoms. The van der Waals surface area contributed by atoms with E-state index in [-0.39, 0.29) is 13.3 Å². The zero-order valence-electron chi connectivity index (χ0n) is 16.2. The lowest BCUT2D eigenvalue weighted by atomic mass is 10.2. The number of carbonyl (C=O) groups excluding carboxylic acids is 1. The van der Waals surface area contributed by atoms with Gasteiger partial charge in [0.05, 0.1) is 52.4 Å². The molecule has 150 valence electrons. The van der Waals surface area contributed by atoms with Gasteiger partial charge in [-0.3, -0.25) is 4.79 Å². The molecule has 0 unspecified atom stereocenters.